The lowest BCUT2D eigenvalue weighted by Crippen LogP contribution is -2.44. The molecular formula is C25H28N8O2. The Bertz CT molecular complexity index is 1270. The number of hydrogen-bond donors (Lipinski definition) is 2. The molecule has 0 atom stereocenters. The number of rotatable bonds is 5. The van der Waals surface area contributed by atoms with Gasteiger partial charge in [0.05, 0.1) is 17.6 Å². The number of pyridine rings is 1. The summed E-state index contributed by atoms with van der Waals surface area (Å²) in [6.45, 7) is 9.61. The van der Waals surface area contributed by atoms with Gasteiger partial charge in [0.1, 0.15) is 11.6 Å². The molecule has 4 heterocycles. The van der Waals surface area contributed by atoms with Crippen LogP contribution in [0.1, 0.15) is 5.56 Å². The molecule has 0 spiro atoms. The molecule has 10 nitrogen and oxygen atoms in total. The highest BCUT2D eigenvalue weighted by atomic mass is 16.5. The van der Waals surface area contributed by atoms with Gasteiger partial charge in [0.25, 0.3) is 5.91 Å². The van der Waals surface area contributed by atoms with Crippen LogP contribution in [-0.4, -0.2) is 66.0 Å². The van der Waals surface area contributed by atoms with Crippen molar-refractivity contribution in [2.24, 2.45) is 0 Å². The number of fused-ring (bicyclic) bond motifs is 1. The van der Waals surface area contributed by atoms with Crippen LogP contribution in [-0.2, 0) is 4.79 Å². The number of carbonyl (C=O) groups excluding carboxylic acids is 1. The van der Waals surface area contributed by atoms with Crippen LogP contribution in [0.15, 0.2) is 55.1 Å². The fraction of sp³-hybridized carbons (Fsp3) is 0.280. The SMILES string of the molecule is C=C1Oc2ccc(Nc3nc(Nc4ccc(N5CCN(C)CC5)nc4)ncc3C)cc2N(C)C1=O. The van der Waals surface area contributed by atoms with Crippen LogP contribution < -0.4 is 25.2 Å². The molecule has 1 aromatic carbocycles. The number of nitrogens with one attached hydrogen (secondary N) is 2. The maximum atomic E-state index is 12.2. The molecule has 1 fully saturated rings. The number of carbonyl (C=O) groups is 1. The predicted octanol–water partition coefficient (Wildman–Crippen LogP) is 3.29. The molecule has 2 aliphatic rings. The minimum atomic E-state index is -0.272. The van der Waals surface area contributed by atoms with Gasteiger partial charge in [-0.25, -0.2) is 9.97 Å². The maximum Gasteiger partial charge on any atom is 0.293 e. The van der Waals surface area contributed by atoms with Gasteiger partial charge in [-0.05, 0) is 44.3 Å². The van der Waals surface area contributed by atoms with Crippen molar-refractivity contribution in [3.05, 3.63) is 60.6 Å². The molecule has 0 aliphatic carbocycles. The molecule has 0 radical (unpaired) electrons. The summed E-state index contributed by atoms with van der Waals surface area (Å²) in [5, 5.41) is 6.55. The summed E-state index contributed by atoms with van der Waals surface area (Å²) >= 11 is 0. The second kappa shape index (κ2) is 9.22. The molecule has 2 aromatic heterocycles. The van der Waals surface area contributed by atoms with Crippen LogP contribution in [0.25, 0.3) is 0 Å². The fourth-order valence-corrected chi connectivity index (χ4v) is 3.99. The molecule has 0 saturated carbocycles. The van der Waals surface area contributed by atoms with Gasteiger partial charge in [-0.1, -0.05) is 6.58 Å². The highest BCUT2D eigenvalue weighted by Crippen LogP contribution is 2.37. The molecular weight excluding hydrogens is 444 g/mol. The van der Waals surface area contributed by atoms with Gasteiger partial charge < -0.3 is 30.1 Å². The summed E-state index contributed by atoms with van der Waals surface area (Å²) in [5.74, 6) is 2.49. The molecule has 10 heteroatoms. The molecule has 0 unspecified atom stereocenters. The van der Waals surface area contributed by atoms with Crippen LogP contribution in [0.3, 0.4) is 0 Å². The molecule has 0 bridgehead atoms. The topological polar surface area (TPSA) is 98.8 Å². The standard InChI is InChI=1S/C25H28N8O2/c1-16-14-27-25(29-19-6-8-22(26-15-19)33-11-9-31(3)10-12-33)30-23(16)28-18-5-7-21-20(13-18)32(4)24(34)17(2)35-21/h5-8,13-15H,2,9-12H2,1,3-4H3,(H2,27,28,29,30). The van der Waals surface area contributed by atoms with Gasteiger partial charge in [-0.3, -0.25) is 4.79 Å². The highest BCUT2D eigenvalue weighted by Gasteiger charge is 2.26. The van der Waals surface area contributed by atoms with Gasteiger partial charge in [0.15, 0.2) is 11.5 Å². The molecule has 2 N–H and O–H groups in total. The largest absolute Gasteiger partial charge is 0.450 e. The van der Waals surface area contributed by atoms with E-state index in [1.54, 1.807) is 25.5 Å². The lowest BCUT2D eigenvalue weighted by atomic mass is 10.2. The zero-order chi connectivity index (χ0) is 24.5. The average molecular weight is 473 g/mol. The molecule has 180 valence electrons. The van der Waals surface area contributed by atoms with E-state index < -0.39 is 0 Å². The third-order valence-corrected chi connectivity index (χ3v) is 6.16. The number of aromatic nitrogens is 3. The zero-order valence-corrected chi connectivity index (χ0v) is 20.1. The van der Waals surface area contributed by atoms with Crippen molar-refractivity contribution in [3.63, 3.8) is 0 Å². The lowest BCUT2D eigenvalue weighted by molar-refractivity contribution is -0.117. The van der Waals surface area contributed by atoms with E-state index in [0.717, 1.165) is 48.9 Å². The Morgan fingerprint density at radius 1 is 0.971 bits per heavy atom. The molecule has 3 aromatic rings. The van der Waals surface area contributed by atoms with Crippen LogP contribution >= 0.6 is 0 Å². The van der Waals surface area contributed by atoms with Crippen molar-refractivity contribution in [3.8, 4) is 5.75 Å². The Labute approximate surface area is 204 Å². The Morgan fingerprint density at radius 2 is 1.74 bits per heavy atom. The van der Waals surface area contributed by atoms with E-state index in [4.69, 9.17) is 4.74 Å². The van der Waals surface area contributed by atoms with Crippen LogP contribution in [0, 0.1) is 6.92 Å². The molecule has 1 saturated heterocycles. The number of piperazine rings is 1. The van der Waals surface area contributed by atoms with E-state index in [9.17, 15) is 4.79 Å². The summed E-state index contributed by atoms with van der Waals surface area (Å²) in [6, 6.07) is 9.51. The smallest absolute Gasteiger partial charge is 0.293 e. The van der Waals surface area contributed by atoms with Crippen molar-refractivity contribution in [1.82, 2.24) is 19.9 Å². The third kappa shape index (κ3) is 4.73. The lowest BCUT2D eigenvalue weighted by Gasteiger charge is -2.33. The summed E-state index contributed by atoms with van der Waals surface area (Å²) in [4.78, 5) is 32.0. The van der Waals surface area contributed by atoms with Crippen LogP contribution in [0.2, 0.25) is 0 Å². The molecule has 2 aliphatic heterocycles. The highest BCUT2D eigenvalue weighted by molar-refractivity contribution is 6.07. The summed E-state index contributed by atoms with van der Waals surface area (Å²) in [6.07, 6.45) is 3.55. The summed E-state index contributed by atoms with van der Waals surface area (Å²) in [5.41, 5.74) is 3.12. The molecule has 35 heavy (non-hydrogen) atoms. The van der Waals surface area contributed by atoms with Crippen molar-refractivity contribution >= 4 is 40.6 Å². The first-order chi connectivity index (χ1) is 16.9. The Hall–Kier alpha value is -4.18. The summed E-state index contributed by atoms with van der Waals surface area (Å²) in [7, 11) is 3.83. The number of hydrogen-bond acceptors (Lipinski definition) is 9. The fourth-order valence-electron chi connectivity index (χ4n) is 3.99. The second-order valence-electron chi connectivity index (χ2n) is 8.74. The Kier molecular flexibility index (Phi) is 5.96. The first-order valence-electron chi connectivity index (χ1n) is 11.4. The van der Waals surface area contributed by atoms with Gasteiger partial charge in [0.2, 0.25) is 5.95 Å². The zero-order valence-electron chi connectivity index (χ0n) is 20.1. The average Bonchev–Trinajstić information content (AvgIpc) is 2.86. The Balaban J connectivity index is 1.30. The van der Waals surface area contributed by atoms with Gasteiger partial charge in [-0.2, -0.15) is 4.98 Å². The quantitative estimate of drug-likeness (QED) is 0.542. The van der Waals surface area contributed by atoms with Gasteiger partial charge >= 0.3 is 0 Å². The monoisotopic (exact) mass is 472 g/mol. The second-order valence-corrected chi connectivity index (χ2v) is 8.74. The van der Waals surface area contributed by atoms with E-state index in [2.05, 4.69) is 49.0 Å². The van der Waals surface area contributed by atoms with E-state index in [0.29, 0.717) is 23.2 Å². The van der Waals surface area contributed by atoms with Crippen molar-refractivity contribution in [1.29, 1.82) is 0 Å². The van der Waals surface area contributed by atoms with Crippen molar-refractivity contribution in [2.75, 3.05) is 60.7 Å². The molecule has 1 amide bonds. The maximum absolute atomic E-state index is 12.2. The van der Waals surface area contributed by atoms with Crippen LogP contribution in [0.4, 0.5) is 34.6 Å². The number of ether oxygens (including phenoxy) is 1. The van der Waals surface area contributed by atoms with E-state index in [1.165, 1.54) is 4.90 Å². The molecule has 5 rings (SSSR count). The first kappa shape index (κ1) is 22.6. The third-order valence-electron chi connectivity index (χ3n) is 6.16. The van der Waals surface area contributed by atoms with Gasteiger partial charge in [0, 0.05) is 50.7 Å². The number of likely N-dealkylation sites (N-methyl/N-ethyl adjacent to an activating group) is 2. The first-order valence-corrected chi connectivity index (χ1v) is 11.4. The minimum Gasteiger partial charge on any atom is -0.450 e. The number of aryl methyl sites for hydroxylation is 1. The normalized spacial score (nSPS) is 16.1. The predicted molar refractivity (Wildman–Crippen MR) is 137 cm³/mol. The van der Waals surface area contributed by atoms with Crippen molar-refractivity contribution in [2.45, 2.75) is 6.92 Å². The van der Waals surface area contributed by atoms with Crippen LogP contribution in [0.5, 0.6) is 5.75 Å². The number of nitrogens with zero attached hydrogens (tertiary/aromatic N) is 6. The van der Waals surface area contributed by atoms with Gasteiger partial charge in [-0.15, -0.1) is 0 Å². The number of benzene rings is 1. The Morgan fingerprint density at radius 3 is 2.49 bits per heavy atom. The van der Waals surface area contributed by atoms with E-state index in [1.807, 2.05) is 31.2 Å². The number of anilines is 6. The van der Waals surface area contributed by atoms with Crippen molar-refractivity contribution < 1.29 is 9.53 Å². The van der Waals surface area contributed by atoms with E-state index in [-0.39, 0.29) is 11.7 Å². The number of amides is 1. The minimum absolute atomic E-state index is 0.106. The van der Waals surface area contributed by atoms with E-state index >= 15 is 0 Å². The summed E-state index contributed by atoms with van der Waals surface area (Å²) < 4.78 is 5.52.